The van der Waals surface area contributed by atoms with E-state index in [4.69, 9.17) is 13.8 Å². The Kier molecular flexibility index (Phi) is 8.38. The summed E-state index contributed by atoms with van der Waals surface area (Å²) in [4.78, 5) is 4.87. The van der Waals surface area contributed by atoms with E-state index < -0.39 is 149 Å². The average Bonchev–Trinajstić information content (AvgIpc) is 0.916. The van der Waals surface area contributed by atoms with Gasteiger partial charge in [0, 0.05) is 23.0 Å². The lowest BCUT2D eigenvalue weighted by molar-refractivity contribution is -0.571. The Labute approximate surface area is 515 Å². The van der Waals surface area contributed by atoms with Crippen LogP contribution in [-0.4, -0.2) is 22.2 Å². The maximum absolute atomic E-state index is 11.0. The molecule has 0 saturated carbocycles. The minimum atomic E-state index is -6.22. The van der Waals surface area contributed by atoms with Crippen molar-refractivity contribution in [3.8, 4) is 50.9 Å². The van der Waals surface area contributed by atoms with Gasteiger partial charge >= 0.3 is 0 Å². The van der Waals surface area contributed by atoms with E-state index in [1.807, 2.05) is 108 Å². The maximum atomic E-state index is 11.0. The van der Waals surface area contributed by atoms with E-state index in [2.05, 4.69) is 89.7 Å². The molecule has 0 radical (unpaired) electrons. The molecular formula is C77H66N4OSi. The minimum absolute atomic E-state index is 0.0118. The van der Waals surface area contributed by atoms with Crippen molar-refractivity contribution in [1.82, 2.24) is 14.1 Å². The predicted octanol–water partition coefficient (Wildman–Crippen LogP) is 16.0. The van der Waals surface area contributed by atoms with E-state index in [1.165, 1.54) is 0 Å². The van der Waals surface area contributed by atoms with Gasteiger partial charge in [-0.2, -0.15) is 0 Å². The second-order valence-electron chi connectivity index (χ2n) is 23.4. The lowest BCUT2D eigenvalue weighted by Gasteiger charge is -2.34. The normalized spacial score (nSPS) is 17.1. The maximum Gasteiger partial charge on any atom is 0.269 e. The largest absolute Gasteiger partial charge is 0.458 e. The Bertz CT molecular complexity index is 5540. The molecule has 0 unspecified atom stereocenters. The number of pyridine rings is 1. The van der Waals surface area contributed by atoms with Gasteiger partial charge in [-0.25, -0.2) is 4.98 Å². The molecule has 0 atom stereocenters. The molecule has 1 aliphatic carbocycles. The second-order valence-corrected chi connectivity index (χ2v) is 26.9. The van der Waals surface area contributed by atoms with Crippen molar-refractivity contribution in [3.63, 3.8) is 0 Å². The van der Waals surface area contributed by atoms with Crippen LogP contribution >= 0.6 is 0 Å². The van der Waals surface area contributed by atoms with Gasteiger partial charge in [-0.05, 0) is 131 Å². The highest BCUT2D eigenvalue weighted by atomic mass is 28.3. The second kappa shape index (κ2) is 20.0. The van der Waals surface area contributed by atoms with Gasteiger partial charge in [0.05, 0.1) is 59.5 Å². The topological polar surface area (TPSA) is 35.9 Å². The lowest BCUT2D eigenvalue weighted by atomic mass is 9.82. The van der Waals surface area contributed by atoms with Gasteiger partial charge in [-0.15, -0.1) is 0 Å². The Morgan fingerprint density at radius 3 is 1.87 bits per heavy atom. The van der Waals surface area contributed by atoms with Crippen molar-refractivity contribution < 1.29 is 35.3 Å². The molecule has 0 fully saturated rings. The Hall–Kier alpha value is -9.36. The first-order chi connectivity index (χ1) is 48.1. The number of hydrogen-bond donors (Lipinski definition) is 0. The number of fused-ring (bicyclic) bond motifs is 5. The Morgan fingerprint density at radius 2 is 1.16 bits per heavy atom. The zero-order valence-corrected chi connectivity index (χ0v) is 47.8. The molecule has 10 aromatic carbocycles. The summed E-state index contributed by atoms with van der Waals surface area (Å²) >= 11 is 0. The van der Waals surface area contributed by atoms with E-state index in [9.17, 15) is 21.9 Å². The number of aromatic nitrogens is 4. The van der Waals surface area contributed by atoms with Crippen molar-refractivity contribution in [2.24, 2.45) is 0 Å². The average molecular weight is 1110 g/mol. The number of hydrogen-bond acceptors (Lipinski definition) is 2. The summed E-state index contributed by atoms with van der Waals surface area (Å²) in [6.45, 7) is 15.2. The van der Waals surface area contributed by atoms with Crippen LogP contribution in [0.5, 0.6) is 11.5 Å². The van der Waals surface area contributed by atoms with E-state index >= 15 is 0 Å². The predicted molar refractivity (Wildman–Crippen MR) is 346 cm³/mol. The van der Waals surface area contributed by atoms with Gasteiger partial charge in [0.1, 0.15) is 17.3 Å². The van der Waals surface area contributed by atoms with E-state index in [1.54, 1.807) is 16.7 Å². The third-order valence-electron chi connectivity index (χ3n) is 16.2. The molecular weight excluding hydrogens is 1020 g/mol. The third-order valence-corrected chi connectivity index (χ3v) is 20.2. The van der Waals surface area contributed by atoms with Crippen LogP contribution in [0.1, 0.15) is 97.6 Å². The molecule has 0 saturated heterocycles. The number of benzene rings is 10. The number of ether oxygens (including phenoxy) is 1. The van der Waals surface area contributed by atoms with Crippen LogP contribution in [0, 0.1) is 6.33 Å². The monoisotopic (exact) mass is 1110 g/mol. The van der Waals surface area contributed by atoms with E-state index in [0.29, 0.717) is 39.3 Å². The van der Waals surface area contributed by atoms with Crippen LogP contribution in [0.15, 0.2) is 261 Å². The molecule has 404 valence electrons. The first-order valence-corrected chi connectivity index (χ1v) is 29.5. The first-order valence-electron chi connectivity index (χ1n) is 37.0. The summed E-state index contributed by atoms with van der Waals surface area (Å²) < 4.78 is 194. The molecule has 14 rings (SSSR count). The highest BCUT2D eigenvalue weighted by molar-refractivity contribution is 7.19. The summed E-state index contributed by atoms with van der Waals surface area (Å²) in [7, 11) is -6.22. The molecule has 3 aromatic heterocycles. The summed E-state index contributed by atoms with van der Waals surface area (Å²) in [6, 6.07) is 24.9. The zero-order chi connectivity index (χ0) is 73.2. The van der Waals surface area contributed by atoms with Crippen molar-refractivity contribution >= 4 is 61.7 Å². The van der Waals surface area contributed by atoms with Crippen molar-refractivity contribution in [2.75, 3.05) is 0 Å². The summed E-state index contributed by atoms with van der Waals surface area (Å²) in [5, 5.41) is -1.64. The van der Waals surface area contributed by atoms with Crippen LogP contribution in [0.4, 0.5) is 0 Å². The minimum Gasteiger partial charge on any atom is -0.458 e. The molecule has 5 nitrogen and oxygen atoms in total. The fourth-order valence-corrected chi connectivity index (χ4v) is 16.2. The van der Waals surface area contributed by atoms with Gasteiger partial charge in [-0.1, -0.05) is 248 Å². The van der Waals surface area contributed by atoms with Crippen molar-refractivity contribution in [2.45, 2.75) is 71.1 Å². The van der Waals surface area contributed by atoms with Crippen LogP contribution in [-0.2, 0) is 16.2 Å². The number of imidazole rings is 1. The van der Waals surface area contributed by atoms with Crippen molar-refractivity contribution in [3.05, 3.63) is 284 Å². The van der Waals surface area contributed by atoms with Gasteiger partial charge in [0.25, 0.3) is 6.33 Å². The fraction of sp³-hybridized carbons (Fsp3) is 0.143. The molecule has 6 heteroatoms. The van der Waals surface area contributed by atoms with Gasteiger partial charge in [0.2, 0.25) is 0 Å². The van der Waals surface area contributed by atoms with Crippen LogP contribution in [0.2, 0.25) is 0 Å². The quantitative estimate of drug-likeness (QED) is 0.0560. The van der Waals surface area contributed by atoms with Crippen LogP contribution in [0.25, 0.3) is 72.3 Å². The number of para-hydroxylation sites is 4. The molecule has 0 spiro atoms. The molecule has 0 amide bonds. The summed E-state index contributed by atoms with van der Waals surface area (Å²) in [6.07, 6.45) is 6.27. The van der Waals surface area contributed by atoms with Gasteiger partial charge in [-0.3, -0.25) is 13.7 Å². The first kappa shape index (κ1) is 34.8. The summed E-state index contributed by atoms with van der Waals surface area (Å²) in [5.41, 5.74) is 7.11. The Balaban J connectivity index is 1.06. The molecule has 0 N–H and O–H groups in total. The highest BCUT2D eigenvalue weighted by Gasteiger charge is 2.43. The van der Waals surface area contributed by atoms with E-state index in [-0.39, 0.29) is 27.5 Å². The smallest absolute Gasteiger partial charge is 0.269 e. The standard InChI is InChI=1S/C77H66N4OSi/c1-75(2,3)55-44-45-78-73(48-55)81-69-37-18-17-34-65(69)66-42-41-58(50-72(66)81)82-57-26-22-25-56(49-57)79-52-80(71-39-20-19-38-70(71)79)74-63(35-23-36-64(74)54-40-43-67-68(47-54)77(6,7)51-76(67,4)5)53-24-21-33-62(46-53)83(59-27-11-8-12-28-59,60-29-13-9-14-30-60)61-31-15-10-16-32-61/h8-50H,51H2,1-7H3/i8D,9D,10D,11D,12D,13D,14D,15D,16D,21D,24D,27D,28D,29D,30D,31D,32D,33D,46D. The third kappa shape index (κ3) is 8.83. The Morgan fingerprint density at radius 1 is 0.542 bits per heavy atom. The van der Waals surface area contributed by atoms with Gasteiger partial charge in [0.15, 0.2) is 8.07 Å². The molecule has 0 bridgehead atoms. The molecule has 83 heavy (non-hydrogen) atoms. The fourth-order valence-electron chi connectivity index (χ4n) is 12.6. The van der Waals surface area contributed by atoms with E-state index in [0.717, 1.165) is 50.7 Å². The molecule has 0 aliphatic heterocycles. The summed E-state index contributed by atoms with van der Waals surface area (Å²) in [5.74, 6) is 1.74. The van der Waals surface area contributed by atoms with Crippen LogP contribution in [0.3, 0.4) is 0 Å². The number of nitrogens with zero attached hydrogens (tertiary/aromatic N) is 4. The zero-order valence-electron chi connectivity index (χ0n) is 65.8. The van der Waals surface area contributed by atoms with Crippen LogP contribution < -0.4 is 30.1 Å². The molecule has 3 heterocycles. The molecule has 13 aromatic rings. The lowest BCUT2D eigenvalue weighted by Crippen LogP contribution is -2.74. The number of rotatable bonds is 11. The highest BCUT2D eigenvalue weighted by Crippen LogP contribution is 2.51. The SMILES string of the molecule is [2H]c1c([2H])c([2H])c([Si](c2c([2H])c([2H])c([2H])c([2H])c2[2H])(c2c([2H])c([2H])c([2H])c([2H])c2[2H])c2c([2H])c([2H])c([2H])c(-c3cccc(-c4ccc5c(c4)C(C)(C)CC5(C)C)c3-[n+]3[c-]n(-c4cccc(Oc5ccc6c7ccccc7n(-c7cc(C(C)(C)C)ccn7)c6c5)c4)c4ccccc43)c2[2H])c([2H])c1[2H]. The van der Waals surface area contributed by atoms with Crippen molar-refractivity contribution in [1.29, 1.82) is 0 Å². The molecule has 1 aliphatic rings. The van der Waals surface area contributed by atoms with Gasteiger partial charge < -0.3 is 4.74 Å².